The summed E-state index contributed by atoms with van der Waals surface area (Å²) < 4.78 is 5.72. The maximum atomic E-state index is 11.8. The van der Waals surface area contributed by atoms with Crippen LogP contribution >= 0.6 is 0 Å². The van der Waals surface area contributed by atoms with Crippen LogP contribution in [0.4, 0.5) is 0 Å². The zero-order chi connectivity index (χ0) is 11.2. The van der Waals surface area contributed by atoms with E-state index in [1.807, 2.05) is 48.2 Å². The summed E-state index contributed by atoms with van der Waals surface area (Å²) in [7, 11) is 0. The maximum absolute atomic E-state index is 11.8. The summed E-state index contributed by atoms with van der Waals surface area (Å²) in [6, 6.07) is 10.0. The van der Waals surface area contributed by atoms with Gasteiger partial charge in [0.1, 0.15) is 0 Å². The van der Waals surface area contributed by atoms with E-state index in [2.05, 4.69) is 0 Å². The fourth-order valence-electron chi connectivity index (χ4n) is 2.43. The number of nitrogens with zero attached hydrogens (tertiary/aromatic N) is 1. The van der Waals surface area contributed by atoms with Gasteiger partial charge in [-0.3, -0.25) is 9.69 Å². The molecule has 1 amide bonds. The van der Waals surface area contributed by atoms with Crippen LogP contribution in [0.5, 0.6) is 0 Å². The zero-order valence-electron chi connectivity index (χ0n) is 9.09. The summed E-state index contributed by atoms with van der Waals surface area (Å²) in [6.45, 7) is 2.49. The van der Waals surface area contributed by atoms with Crippen LogP contribution in [0.3, 0.4) is 0 Å². The van der Waals surface area contributed by atoms with Crippen molar-refractivity contribution in [2.45, 2.75) is 18.7 Å². The van der Waals surface area contributed by atoms with Crippen LogP contribution in [0.15, 0.2) is 42.5 Å². The first-order valence-corrected chi connectivity index (χ1v) is 5.42. The van der Waals surface area contributed by atoms with Gasteiger partial charge in [0.2, 0.25) is 5.91 Å². The quantitative estimate of drug-likeness (QED) is 0.715. The van der Waals surface area contributed by atoms with E-state index in [1.165, 1.54) is 0 Å². The fourth-order valence-corrected chi connectivity index (χ4v) is 2.43. The van der Waals surface area contributed by atoms with Gasteiger partial charge in [-0.1, -0.05) is 30.3 Å². The molecule has 1 fully saturated rings. The van der Waals surface area contributed by atoms with Gasteiger partial charge in [-0.05, 0) is 18.6 Å². The summed E-state index contributed by atoms with van der Waals surface area (Å²) in [5.74, 6) is 0.0360. The third kappa shape index (κ3) is 1.21. The minimum absolute atomic E-state index is 0.0358. The number of amides is 1. The van der Waals surface area contributed by atoms with E-state index >= 15 is 0 Å². The Morgan fingerprint density at radius 1 is 1.38 bits per heavy atom. The van der Waals surface area contributed by atoms with E-state index in [1.54, 1.807) is 6.08 Å². The highest BCUT2D eigenvalue weighted by Crippen LogP contribution is 2.40. The zero-order valence-corrected chi connectivity index (χ0v) is 9.09. The summed E-state index contributed by atoms with van der Waals surface area (Å²) in [5.41, 5.74) is 0.584. The lowest BCUT2D eigenvalue weighted by Gasteiger charge is -2.29. The van der Waals surface area contributed by atoms with Gasteiger partial charge in [0.05, 0.1) is 12.6 Å². The van der Waals surface area contributed by atoms with Crippen molar-refractivity contribution in [3.05, 3.63) is 48.0 Å². The molecule has 2 heterocycles. The third-order valence-corrected chi connectivity index (χ3v) is 3.28. The topological polar surface area (TPSA) is 29.5 Å². The van der Waals surface area contributed by atoms with Crippen LogP contribution in [0.1, 0.15) is 18.5 Å². The van der Waals surface area contributed by atoms with Crippen molar-refractivity contribution < 1.29 is 9.53 Å². The molecule has 3 nitrogen and oxygen atoms in total. The molecule has 0 saturated carbocycles. The van der Waals surface area contributed by atoms with Crippen molar-refractivity contribution in [2.24, 2.45) is 0 Å². The van der Waals surface area contributed by atoms with E-state index in [9.17, 15) is 4.79 Å². The minimum atomic E-state index is -0.544. The molecular weight excluding hydrogens is 202 g/mol. The number of carbonyl (C=O) groups excluding carboxylic acids is 1. The van der Waals surface area contributed by atoms with Crippen LogP contribution in [-0.4, -0.2) is 23.1 Å². The SMILES string of the molecule is C[C@@]12C=CC(=O)N1[C@@H](c1ccccc1)CO2. The smallest absolute Gasteiger partial charge is 0.249 e. The number of carbonyl (C=O) groups is 1. The van der Waals surface area contributed by atoms with Crippen LogP contribution in [0.25, 0.3) is 0 Å². The first kappa shape index (κ1) is 9.60. The molecule has 0 N–H and O–H groups in total. The molecule has 0 unspecified atom stereocenters. The van der Waals surface area contributed by atoms with Gasteiger partial charge < -0.3 is 4.74 Å². The molecule has 3 rings (SSSR count). The number of benzene rings is 1. The lowest BCUT2D eigenvalue weighted by atomic mass is 10.1. The van der Waals surface area contributed by atoms with Crippen molar-refractivity contribution in [3.8, 4) is 0 Å². The molecular formula is C13H13NO2. The molecule has 0 spiro atoms. The summed E-state index contributed by atoms with van der Waals surface area (Å²) in [6.07, 6.45) is 3.42. The lowest BCUT2D eigenvalue weighted by Crippen LogP contribution is -2.40. The van der Waals surface area contributed by atoms with Crippen molar-refractivity contribution >= 4 is 5.91 Å². The molecule has 16 heavy (non-hydrogen) atoms. The number of hydrogen-bond acceptors (Lipinski definition) is 2. The average Bonchev–Trinajstić information content (AvgIpc) is 2.78. The fraction of sp³-hybridized carbons (Fsp3) is 0.308. The van der Waals surface area contributed by atoms with Gasteiger partial charge in [-0.2, -0.15) is 0 Å². The molecule has 0 radical (unpaired) electrons. The Morgan fingerprint density at radius 2 is 2.12 bits per heavy atom. The van der Waals surface area contributed by atoms with Crippen LogP contribution < -0.4 is 0 Å². The van der Waals surface area contributed by atoms with Gasteiger partial charge in [0, 0.05) is 6.08 Å². The molecule has 2 atom stereocenters. The Balaban J connectivity index is 1.98. The normalized spacial score (nSPS) is 32.2. The second kappa shape index (κ2) is 3.19. The monoisotopic (exact) mass is 215 g/mol. The number of ether oxygens (including phenoxy) is 1. The third-order valence-electron chi connectivity index (χ3n) is 3.28. The van der Waals surface area contributed by atoms with Gasteiger partial charge in [-0.25, -0.2) is 0 Å². The summed E-state index contributed by atoms with van der Waals surface area (Å²) in [4.78, 5) is 13.6. The van der Waals surface area contributed by atoms with Crippen molar-refractivity contribution in [1.29, 1.82) is 0 Å². The molecule has 1 saturated heterocycles. The van der Waals surface area contributed by atoms with Gasteiger partial charge >= 0.3 is 0 Å². The Labute approximate surface area is 94.3 Å². The van der Waals surface area contributed by atoms with E-state index < -0.39 is 5.72 Å². The van der Waals surface area contributed by atoms with Crippen LogP contribution in [0, 0.1) is 0 Å². The van der Waals surface area contributed by atoms with Crippen molar-refractivity contribution in [2.75, 3.05) is 6.61 Å². The molecule has 0 aromatic heterocycles. The largest absolute Gasteiger partial charge is 0.350 e. The highest BCUT2D eigenvalue weighted by molar-refractivity contribution is 5.91. The predicted octanol–water partition coefficient (Wildman–Crippen LogP) is 1.87. The second-order valence-corrected chi connectivity index (χ2v) is 4.33. The standard InChI is InChI=1S/C13H13NO2/c1-13-8-7-12(15)14(13)11(9-16-13)10-5-3-2-4-6-10/h2-8,11H,9H2,1H3/t11-,13-/m1/s1. The van der Waals surface area contributed by atoms with Crippen molar-refractivity contribution in [3.63, 3.8) is 0 Å². The lowest BCUT2D eigenvalue weighted by molar-refractivity contribution is -0.134. The van der Waals surface area contributed by atoms with E-state index in [-0.39, 0.29) is 11.9 Å². The Morgan fingerprint density at radius 3 is 2.88 bits per heavy atom. The highest BCUT2D eigenvalue weighted by atomic mass is 16.5. The Hall–Kier alpha value is -1.61. The van der Waals surface area contributed by atoms with Gasteiger partial charge in [0.25, 0.3) is 0 Å². The molecule has 2 aliphatic rings. The molecule has 1 aromatic carbocycles. The van der Waals surface area contributed by atoms with E-state index in [0.717, 1.165) is 5.56 Å². The summed E-state index contributed by atoms with van der Waals surface area (Å²) in [5, 5.41) is 0. The molecule has 3 heteroatoms. The second-order valence-electron chi connectivity index (χ2n) is 4.33. The first-order chi connectivity index (χ1) is 7.71. The first-order valence-electron chi connectivity index (χ1n) is 5.42. The predicted molar refractivity (Wildman–Crippen MR) is 59.5 cm³/mol. The molecule has 1 aromatic rings. The molecule has 0 bridgehead atoms. The maximum Gasteiger partial charge on any atom is 0.249 e. The Bertz CT molecular complexity index is 454. The minimum Gasteiger partial charge on any atom is -0.350 e. The molecule has 82 valence electrons. The van der Waals surface area contributed by atoms with Gasteiger partial charge in [-0.15, -0.1) is 0 Å². The molecule has 0 aliphatic carbocycles. The highest BCUT2D eigenvalue weighted by Gasteiger charge is 2.48. The number of hydrogen-bond donors (Lipinski definition) is 0. The summed E-state index contributed by atoms with van der Waals surface area (Å²) >= 11 is 0. The van der Waals surface area contributed by atoms with Crippen LogP contribution in [0.2, 0.25) is 0 Å². The van der Waals surface area contributed by atoms with E-state index in [4.69, 9.17) is 4.74 Å². The van der Waals surface area contributed by atoms with Gasteiger partial charge in [0.15, 0.2) is 5.72 Å². The average molecular weight is 215 g/mol. The number of rotatable bonds is 1. The Kier molecular flexibility index (Phi) is 1.91. The van der Waals surface area contributed by atoms with Crippen molar-refractivity contribution in [1.82, 2.24) is 4.90 Å². The number of fused-ring (bicyclic) bond motifs is 1. The van der Waals surface area contributed by atoms with E-state index in [0.29, 0.717) is 6.61 Å². The van der Waals surface area contributed by atoms with Crippen LogP contribution in [-0.2, 0) is 9.53 Å². The molecule has 2 aliphatic heterocycles.